The van der Waals surface area contributed by atoms with E-state index in [1.165, 1.54) is 0 Å². The summed E-state index contributed by atoms with van der Waals surface area (Å²) >= 11 is 6.05. The number of halogens is 1. The van der Waals surface area contributed by atoms with Gasteiger partial charge in [0, 0.05) is 18.7 Å². The fourth-order valence-electron chi connectivity index (χ4n) is 2.24. The SMILES string of the molecule is CNC(=O)c1ccc(NC(=O)C2CCNCC2)cc1Cl. The van der Waals surface area contributed by atoms with Gasteiger partial charge in [-0.1, -0.05) is 11.6 Å². The van der Waals surface area contributed by atoms with Crippen molar-refractivity contribution in [1.29, 1.82) is 0 Å². The number of carbonyl (C=O) groups is 2. The molecular formula is C14H18ClN3O2. The van der Waals surface area contributed by atoms with Crippen LogP contribution in [0.4, 0.5) is 5.69 Å². The fraction of sp³-hybridized carbons (Fsp3) is 0.429. The van der Waals surface area contributed by atoms with Crippen molar-refractivity contribution in [2.24, 2.45) is 5.92 Å². The minimum absolute atomic E-state index is 0.00950. The Hall–Kier alpha value is -1.59. The number of rotatable bonds is 3. The Morgan fingerprint density at radius 3 is 2.60 bits per heavy atom. The van der Waals surface area contributed by atoms with Crippen molar-refractivity contribution in [3.63, 3.8) is 0 Å². The van der Waals surface area contributed by atoms with Gasteiger partial charge in [-0.05, 0) is 44.1 Å². The highest BCUT2D eigenvalue weighted by molar-refractivity contribution is 6.34. The summed E-state index contributed by atoms with van der Waals surface area (Å²) in [6.45, 7) is 1.74. The third-order valence-corrected chi connectivity index (χ3v) is 3.73. The standard InChI is InChI=1S/C14H18ClN3O2/c1-16-14(20)11-3-2-10(8-12(11)15)18-13(19)9-4-6-17-7-5-9/h2-3,8-9,17H,4-7H2,1H3,(H,16,20)(H,18,19). The highest BCUT2D eigenvalue weighted by Gasteiger charge is 2.21. The molecule has 1 saturated heterocycles. The van der Waals surface area contributed by atoms with Crippen LogP contribution in [0.25, 0.3) is 0 Å². The van der Waals surface area contributed by atoms with Gasteiger partial charge < -0.3 is 16.0 Å². The van der Waals surface area contributed by atoms with E-state index in [9.17, 15) is 9.59 Å². The highest BCUT2D eigenvalue weighted by atomic mass is 35.5. The Morgan fingerprint density at radius 2 is 2.00 bits per heavy atom. The van der Waals surface area contributed by atoms with Gasteiger partial charge in [-0.3, -0.25) is 9.59 Å². The lowest BCUT2D eigenvalue weighted by atomic mass is 9.97. The van der Waals surface area contributed by atoms with E-state index in [-0.39, 0.29) is 17.7 Å². The van der Waals surface area contributed by atoms with Crippen LogP contribution in [0.3, 0.4) is 0 Å². The zero-order valence-corrected chi connectivity index (χ0v) is 12.1. The lowest BCUT2D eigenvalue weighted by Crippen LogP contribution is -2.34. The fourth-order valence-corrected chi connectivity index (χ4v) is 2.51. The molecule has 6 heteroatoms. The first-order chi connectivity index (χ1) is 9.61. The number of benzene rings is 1. The molecule has 0 unspecified atom stereocenters. The molecule has 5 nitrogen and oxygen atoms in total. The molecule has 20 heavy (non-hydrogen) atoms. The Morgan fingerprint density at radius 1 is 1.30 bits per heavy atom. The Bertz CT molecular complexity index is 513. The third-order valence-electron chi connectivity index (χ3n) is 3.42. The first kappa shape index (κ1) is 14.8. The van der Waals surface area contributed by atoms with Gasteiger partial charge in [0.1, 0.15) is 0 Å². The second-order valence-electron chi connectivity index (χ2n) is 4.79. The predicted octanol–water partition coefficient (Wildman–Crippen LogP) is 1.64. The molecule has 0 radical (unpaired) electrons. The maximum atomic E-state index is 12.1. The average molecular weight is 296 g/mol. The van der Waals surface area contributed by atoms with Crippen molar-refractivity contribution in [3.8, 4) is 0 Å². The van der Waals surface area contributed by atoms with Gasteiger partial charge >= 0.3 is 0 Å². The van der Waals surface area contributed by atoms with Crippen LogP contribution in [0.1, 0.15) is 23.2 Å². The molecule has 0 saturated carbocycles. The molecule has 1 heterocycles. The van der Waals surface area contributed by atoms with Crippen LogP contribution in [-0.2, 0) is 4.79 Å². The zero-order valence-electron chi connectivity index (χ0n) is 11.3. The number of amides is 2. The Labute approximate surface area is 123 Å². The van der Waals surface area contributed by atoms with Crippen LogP contribution >= 0.6 is 11.6 Å². The van der Waals surface area contributed by atoms with Crippen LogP contribution in [-0.4, -0.2) is 32.0 Å². The van der Waals surface area contributed by atoms with Crippen LogP contribution in [0, 0.1) is 5.92 Å². The van der Waals surface area contributed by atoms with E-state index in [1.54, 1.807) is 25.2 Å². The minimum atomic E-state index is -0.244. The number of hydrogen-bond acceptors (Lipinski definition) is 3. The molecule has 1 aliphatic rings. The second kappa shape index (κ2) is 6.72. The lowest BCUT2D eigenvalue weighted by molar-refractivity contribution is -0.120. The van der Waals surface area contributed by atoms with Gasteiger partial charge in [0.05, 0.1) is 10.6 Å². The van der Waals surface area contributed by atoms with E-state index >= 15 is 0 Å². The molecule has 0 aliphatic carbocycles. The summed E-state index contributed by atoms with van der Waals surface area (Å²) in [5.74, 6) is -0.199. The van der Waals surface area contributed by atoms with Gasteiger partial charge in [-0.25, -0.2) is 0 Å². The Kier molecular flexibility index (Phi) is 4.98. The summed E-state index contributed by atoms with van der Waals surface area (Å²) in [4.78, 5) is 23.6. The molecule has 2 rings (SSSR count). The largest absolute Gasteiger partial charge is 0.355 e. The molecule has 0 aromatic heterocycles. The van der Waals surface area contributed by atoms with Crippen molar-refractivity contribution in [2.75, 3.05) is 25.5 Å². The second-order valence-corrected chi connectivity index (χ2v) is 5.19. The lowest BCUT2D eigenvalue weighted by Gasteiger charge is -2.21. The van der Waals surface area contributed by atoms with Gasteiger partial charge in [0.2, 0.25) is 5.91 Å². The molecule has 1 aromatic rings. The van der Waals surface area contributed by atoms with Crippen LogP contribution < -0.4 is 16.0 Å². The Balaban J connectivity index is 2.04. The molecular weight excluding hydrogens is 278 g/mol. The molecule has 0 spiro atoms. The maximum absolute atomic E-state index is 12.1. The average Bonchev–Trinajstić information content (AvgIpc) is 2.47. The molecule has 0 bridgehead atoms. The van der Waals surface area contributed by atoms with Crippen molar-refractivity contribution in [2.45, 2.75) is 12.8 Å². The topological polar surface area (TPSA) is 70.2 Å². The number of nitrogens with one attached hydrogen (secondary N) is 3. The first-order valence-corrected chi connectivity index (χ1v) is 7.03. The van der Waals surface area contributed by atoms with Crippen LogP contribution in [0.15, 0.2) is 18.2 Å². The summed E-state index contributed by atoms with van der Waals surface area (Å²) in [5, 5.41) is 8.92. The quantitative estimate of drug-likeness (QED) is 0.794. The molecule has 0 atom stereocenters. The van der Waals surface area contributed by atoms with Crippen molar-refractivity contribution in [1.82, 2.24) is 10.6 Å². The molecule has 108 valence electrons. The van der Waals surface area contributed by atoms with E-state index in [4.69, 9.17) is 11.6 Å². The van der Waals surface area contributed by atoms with Gasteiger partial charge in [-0.15, -0.1) is 0 Å². The van der Waals surface area contributed by atoms with Gasteiger partial charge in [0.15, 0.2) is 0 Å². The van der Waals surface area contributed by atoms with Crippen LogP contribution in [0.2, 0.25) is 5.02 Å². The van der Waals surface area contributed by atoms with Crippen LogP contribution in [0.5, 0.6) is 0 Å². The minimum Gasteiger partial charge on any atom is -0.355 e. The van der Waals surface area contributed by atoms with E-state index < -0.39 is 0 Å². The van der Waals surface area contributed by atoms with Crippen molar-refractivity contribution in [3.05, 3.63) is 28.8 Å². The maximum Gasteiger partial charge on any atom is 0.252 e. The van der Waals surface area contributed by atoms with Crippen molar-refractivity contribution < 1.29 is 9.59 Å². The molecule has 2 amide bonds. The summed E-state index contributed by atoms with van der Waals surface area (Å²) in [7, 11) is 1.55. The summed E-state index contributed by atoms with van der Waals surface area (Å²) in [6.07, 6.45) is 1.69. The summed E-state index contributed by atoms with van der Waals surface area (Å²) < 4.78 is 0. The number of carbonyl (C=O) groups excluding carboxylic acids is 2. The van der Waals surface area contributed by atoms with E-state index in [0.717, 1.165) is 25.9 Å². The van der Waals surface area contributed by atoms with Gasteiger partial charge in [0.25, 0.3) is 5.91 Å². The van der Waals surface area contributed by atoms with E-state index in [1.807, 2.05) is 0 Å². The molecule has 3 N–H and O–H groups in total. The third kappa shape index (κ3) is 3.49. The first-order valence-electron chi connectivity index (χ1n) is 6.65. The van der Waals surface area contributed by atoms with Crippen molar-refractivity contribution >= 4 is 29.1 Å². The summed E-state index contributed by atoms with van der Waals surface area (Å²) in [5.41, 5.74) is 1.01. The number of hydrogen-bond donors (Lipinski definition) is 3. The smallest absolute Gasteiger partial charge is 0.252 e. The number of piperidine rings is 1. The molecule has 1 aliphatic heterocycles. The number of anilines is 1. The van der Waals surface area contributed by atoms with Gasteiger partial charge in [-0.2, -0.15) is 0 Å². The van der Waals surface area contributed by atoms with E-state index in [0.29, 0.717) is 16.3 Å². The predicted molar refractivity (Wildman–Crippen MR) is 79.1 cm³/mol. The van der Waals surface area contributed by atoms with E-state index in [2.05, 4.69) is 16.0 Å². The highest BCUT2D eigenvalue weighted by Crippen LogP contribution is 2.22. The monoisotopic (exact) mass is 295 g/mol. The normalized spacial score (nSPS) is 15.7. The molecule has 1 aromatic carbocycles. The molecule has 1 fully saturated rings. The zero-order chi connectivity index (χ0) is 14.5. The summed E-state index contributed by atoms with van der Waals surface area (Å²) in [6, 6.07) is 4.90.